The fourth-order valence-corrected chi connectivity index (χ4v) is 2.60. The van der Waals surface area contributed by atoms with E-state index in [1.165, 1.54) is 11.1 Å². The summed E-state index contributed by atoms with van der Waals surface area (Å²) in [6.07, 6.45) is 1.80. The number of urea groups is 1. The SMILES string of the molecule is CCc1cc(NC(=O)N[C@H]2C(=O)NCC[C@@H]2C)ccc1C. The highest BCUT2D eigenvalue weighted by Crippen LogP contribution is 2.16. The second-order valence-corrected chi connectivity index (χ2v) is 5.63. The van der Waals surface area contributed by atoms with Gasteiger partial charge in [0.25, 0.3) is 0 Å². The van der Waals surface area contributed by atoms with Crippen LogP contribution in [-0.2, 0) is 11.2 Å². The third-order valence-electron chi connectivity index (χ3n) is 4.02. The van der Waals surface area contributed by atoms with E-state index in [1.807, 2.05) is 25.1 Å². The van der Waals surface area contributed by atoms with Gasteiger partial charge in [0.05, 0.1) is 0 Å². The molecule has 1 aliphatic heterocycles. The lowest BCUT2D eigenvalue weighted by atomic mass is 9.94. The molecule has 0 spiro atoms. The molecule has 1 aromatic carbocycles. The summed E-state index contributed by atoms with van der Waals surface area (Å²) in [6, 6.07) is 5.03. The van der Waals surface area contributed by atoms with Gasteiger partial charge in [-0.2, -0.15) is 0 Å². The average molecular weight is 289 g/mol. The predicted octanol–water partition coefficient (Wildman–Crippen LogP) is 2.20. The first-order valence-electron chi connectivity index (χ1n) is 7.46. The molecule has 1 heterocycles. The van der Waals surface area contributed by atoms with Crippen LogP contribution >= 0.6 is 0 Å². The number of anilines is 1. The Balaban J connectivity index is 1.99. The zero-order valence-electron chi connectivity index (χ0n) is 12.8. The minimum Gasteiger partial charge on any atom is -0.354 e. The first-order chi connectivity index (χ1) is 10.0. The number of carbonyl (C=O) groups excluding carboxylic acids is 2. The molecule has 114 valence electrons. The maximum Gasteiger partial charge on any atom is 0.319 e. The van der Waals surface area contributed by atoms with E-state index in [4.69, 9.17) is 0 Å². The van der Waals surface area contributed by atoms with Crippen molar-refractivity contribution in [1.29, 1.82) is 0 Å². The van der Waals surface area contributed by atoms with Crippen LogP contribution in [0.5, 0.6) is 0 Å². The second kappa shape index (κ2) is 6.61. The van der Waals surface area contributed by atoms with E-state index < -0.39 is 6.04 Å². The number of rotatable bonds is 3. The standard InChI is InChI=1S/C16H23N3O2/c1-4-12-9-13(6-5-10(12)2)18-16(21)19-14-11(3)7-8-17-15(14)20/h5-6,9,11,14H,4,7-8H2,1-3H3,(H,17,20)(H2,18,19,21)/t11-,14+/m0/s1. The number of piperidine rings is 1. The van der Waals surface area contributed by atoms with Crippen LogP contribution < -0.4 is 16.0 Å². The van der Waals surface area contributed by atoms with Gasteiger partial charge in [0, 0.05) is 12.2 Å². The number of benzene rings is 1. The van der Waals surface area contributed by atoms with E-state index in [-0.39, 0.29) is 17.9 Å². The van der Waals surface area contributed by atoms with E-state index in [9.17, 15) is 9.59 Å². The van der Waals surface area contributed by atoms with E-state index in [1.54, 1.807) is 0 Å². The van der Waals surface area contributed by atoms with Crippen molar-refractivity contribution < 1.29 is 9.59 Å². The lowest BCUT2D eigenvalue weighted by Gasteiger charge is -2.29. The molecule has 1 aromatic rings. The fourth-order valence-electron chi connectivity index (χ4n) is 2.60. The molecule has 0 radical (unpaired) electrons. The van der Waals surface area contributed by atoms with E-state index >= 15 is 0 Å². The van der Waals surface area contributed by atoms with Gasteiger partial charge in [-0.3, -0.25) is 4.79 Å². The molecule has 3 amide bonds. The number of aryl methyl sites for hydroxylation is 2. The first-order valence-corrected chi connectivity index (χ1v) is 7.46. The number of amides is 3. The number of nitrogens with one attached hydrogen (secondary N) is 3. The highest BCUT2D eigenvalue weighted by Gasteiger charge is 2.30. The molecule has 1 fully saturated rings. The predicted molar refractivity (Wildman–Crippen MR) is 83.3 cm³/mol. The third-order valence-corrected chi connectivity index (χ3v) is 4.02. The van der Waals surface area contributed by atoms with Gasteiger partial charge in [-0.05, 0) is 48.9 Å². The number of carbonyl (C=O) groups is 2. The molecule has 0 aromatic heterocycles. The quantitative estimate of drug-likeness (QED) is 0.798. The molecular weight excluding hydrogens is 266 g/mol. The van der Waals surface area contributed by atoms with Gasteiger partial charge < -0.3 is 16.0 Å². The van der Waals surface area contributed by atoms with Crippen molar-refractivity contribution in [1.82, 2.24) is 10.6 Å². The maximum atomic E-state index is 12.1. The molecule has 2 atom stereocenters. The van der Waals surface area contributed by atoms with Crippen LogP contribution in [0.25, 0.3) is 0 Å². The zero-order valence-corrected chi connectivity index (χ0v) is 12.8. The van der Waals surface area contributed by atoms with Crippen molar-refractivity contribution in [2.45, 2.75) is 39.7 Å². The lowest BCUT2D eigenvalue weighted by Crippen LogP contribution is -2.55. The van der Waals surface area contributed by atoms with Gasteiger partial charge in [0.15, 0.2) is 0 Å². The highest BCUT2D eigenvalue weighted by atomic mass is 16.2. The largest absolute Gasteiger partial charge is 0.354 e. The Morgan fingerprint density at radius 1 is 1.43 bits per heavy atom. The van der Waals surface area contributed by atoms with Crippen LogP contribution in [0.4, 0.5) is 10.5 Å². The minimum atomic E-state index is -0.463. The summed E-state index contributed by atoms with van der Waals surface area (Å²) in [6.45, 7) is 6.79. The van der Waals surface area contributed by atoms with Gasteiger partial charge in [-0.25, -0.2) is 4.79 Å². The first kappa shape index (κ1) is 15.4. The van der Waals surface area contributed by atoms with Crippen LogP contribution in [0.3, 0.4) is 0 Å². The third kappa shape index (κ3) is 3.74. The maximum absolute atomic E-state index is 12.1. The minimum absolute atomic E-state index is 0.109. The Morgan fingerprint density at radius 2 is 2.19 bits per heavy atom. The summed E-state index contributed by atoms with van der Waals surface area (Å²) in [7, 11) is 0. The van der Waals surface area contributed by atoms with Crippen molar-refractivity contribution in [2.24, 2.45) is 5.92 Å². The normalized spacial score (nSPS) is 21.6. The zero-order chi connectivity index (χ0) is 15.4. The Bertz CT molecular complexity index is 542. The van der Waals surface area contributed by atoms with Gasteiger partial charge in [0.2, 0.25) is 5.91 Å². The fraction of sp³-hybridized carbons (Fsp3) is 0.500. The molecule has 2 rings (SSSR count). The van der Waals surface area contributed by atoms with Gasteiger partial charge in [-0.1, -0.05) is 19.9 Å². The summed E-state index contributed by atoms with van der Waals surface area (Å²) < 4.78 is 0. The highest BCUT2D eigenvalue weighted by molar-refractivity contribution is 5.94. The van der Waals surface area contributed by atoms with Gasteiger partial charge in [0.1, 0.15) is 6.04 Å². The molecule has 0 saturated carbocycles. The monoisotopic (exact) mass is 289 g/mol. The van der Waals surface area contributed by atoms with Crippen LogP contribution in [0.1, 0.15) is 31.4 Å². The molecule has 1 aliphatic rings. The molecule has 0 unspecified atom stereocenters. The number of hydrogen-bond donors (Lipinski definition) is 3. The Morgan fingerprint density at radius 3 is 2.86 bits per heavy atom. The summed E-state index contributed by atoms with van der Waals surface area (Å²) in [5.74, 6) is 0.0378. The van der Waals surface area contributed by atoms with E-state index in [0.29, 0.717) is 6.54 Å². The molecule has 5 heteroatoms. The smallest absolute Gasteiger partial charge is 0.319 e. The summed E-state index contributed by atoms with van der Waals surface area (Å²) in [5, 5.41) is 8.34. The van der Waals surface area contributed by atoms with Crippen molar-refractivity contribution >= 4 is 17.6 Å². The second-order valence-electron chi connectivity index (χ2n) is 5.63. The molecule has 3 N–H and O–H groups in total. The molecular formula is C16H23N3O2. The van der Waals surface area contributed by atoms with Crippen molar-refractivity contribution in [3.63, 3.8) is 0 Å². The summed E-state index contributed by atoms with van der Waals surface area (Å²) >= 11 is 0. The summed E-state index contributed by atoms with van der Waals surface area (Å²) in [5.41, 5.74) is 3.17. The molecule has 1 saturated heterocycles. The Labute approximate surface area is 125 Å². The Kier molecular flexibility index (Phi) is 4.83. The van der Waals surface area contributed by atoms with Crippen LogP contribution in [-0.4, -0.2) is 24.5 Å². The van der Waals surface area contributed by atoms with Crippen molar-refractivity contribution in [3.8, 4) is 0 Å². The Hall–Kier alpha value is -2.04. The number of hydrogen-bond acceptors (Lipinski definition) is 2. The molecule has 0 aliphatic carbocycles. The van der Waals surface area contributed by atoms with Gasteiger partial charge >= 0.3 is 6.03 Å². The van der Waals surface area contributed by atoms with Crippen molar-refractivity contribution in [3.05, 3.63) is 29.3 Å². The van der Waals surface area contributed by atoms with Crippen LogP contribution in [0.2, 0.25) is 0 Å². The van der Waals surface area contributed by atoms with Crippen LogP contribution in [0.15, 0.2) is 18.2 Å². The van der Waals surface area contributed by atoms with Gasteiger partial charge in [-0.15, -0.1) is 0 Å². The topological polar surface area (TPSA) is 70.2 Å². The molecule has 21 heavy (non-hydrogen) atoms. The van der Waals surface area contributed by atoms with Crippen molar-refractivity contribution in [2.75, 3.05) is 11.9 Å². The average Bonchev–Trinajstić information content (AvgIpc) is 2.45. The van der Waals surface area contributed by atoms with Crippen LogP contribution in [0, 0.1) is 12.8 Å². The van der Waals surface area contributed by atoms with E-state index in [0.717, 1.165) is 18.5 Å². The lowest BCUT2D eigenvalue weighted by molar-refractivity contribution is -0.125. The molecule has 0 bridgehead atoms. The summed E-state index contributed by atoms with van der Waals surface area (Å²) in [4.78, 5) is 23.8. The molecule has 5 nitrogen and oxygen atoms in total. The van der Waals surface area contributed by atoms with E-state index in [2.05, 4.69) is 29.8 Å².